The fourth-order valence-corrected chi connectivity index (χ4v) is 2.05. The maximum atomic E-state index is 13.4. The van der Waals surface area contributed by atoms with E-state index < -0.39 is 0 Å². The summed E-state index contributed by atoms with van der Waals surface area (Å²) in [6.07, 6.45) is 0.897. The molecule has 0 spiro atoms. The molecule has 0 heterocycles. The molecule has 4 heteroatoms. The second-order valence-corrected chi connectivity index (χ2v) is 4.88. The van der Waals surface area contributed by atoms with Gasteiger partial charge in [-0.3, -0.25) is 4.79 Å². The van der Waals surface area contributed by atoms with Crippen molar-refractivity contribution in [2.24, 2.45) is 0 Å². The maximum Gasteiger partial charge on any atom is 0.243 e. The van der Waals surface area contributed by atoms with Crippen LogP contribution in [0.4, 0.5) is 15.8 Å². The molecule has 2 aromatic rings. The lowest BCUT2D eigenvalue weighted by Crippen LogP contribution is -2.22. The van der Waals surface area contributed by atoms with E-state index in [1.54, 1.807) is 19.1 Å². The SMILES string of the molecule is CCc1ccccc1NCC(=O)Nc1ccc(C)c(F)c1. The van der Waals surface area contributed by atoms with E-state index in [4.69, 9.17) is 0 Å². The summed E-state index contributed by atoms with van der Waals surface area (Å²) >= 11 is 0. The summed E-state index contributed by atoms with van der Waals surface area (Å²) in [5.41, 5.74) is 3.13. The summed E-state index contributed by atoms with van der Waals surface area (Å²) in [7, 11) is 0. The van der Waals surface area contributed by atoms with E-state index in [1.807, 2.05) is 24.3 Å². The van der Waals surface area contributed by atoms with Crippen molar-refractivity contribution in [1.82, 2.24) is 0 Å². The molecule has 0 fully saturated rings. The highest BCUT2D eigenvalue weighted by molar-refractivity contribution is 5.93. The molecule has 110 valence electrons. The van der Waals surface area contributed by atoms with Gasteiger partial charge in [0.25, 0.3) is 0 Å². The van der Waals surface area contributed by atoms with Crippen LogP contribution in [-0.2, 0) is 11.2 Å². The van der Waals surface area contributed by atoms with Crippen molar-refractivity contribution in [1.29, 1.82) is 0 Å². The third-order valence-electron chi connectivity index (χ3n) is 3.29. The highest BCUT2D eigenvalue weighted by Gasteiger charge is 2.06. The number of nitrogens with one attached hydrogen (secondary N) is 2. The van der Waals surface area contributed by atoms with Crippen LogP contribution in [0.25, 0.3) is 0 Å². The molecule has 2 aromatic carbocycles. The van der Waals surface area contributed by atoms with Crippen LogP contribution in [0, 0.1) is 12.7 Å². The summed E-state index contributed by atoms with van der Waals surface area (Å²) in [6.45, 7) is 3.90. The molecular weight excluding hydrogens is 267 g/mol. The van der Waals surface area contributed by atoms with Crippen molar-refractivity contribution in [3.05, 3.63) is 59.4 Å². The number of hydrogen-bond acceptors (Lipinski definition) is 2. The van der Waals surface area contributed by atoms with Crippen LogP contribution < -0.4 is 10.6 Å². The number of carbonyl (C=O) groups excluding carboxylic acids is 1. The highest BCUT2D eigenvalue weighted by atomic mass is 19.1. The Labute approximate surface area is 124 Å². The van der Waals surface area contributed by atoms with Gasteiger partial charge in [0.1, 0.15) is 5.82 Å². The van der Waals surface area contributed by atoms with Gasteiger partial charge < -0.3 is 10.6 Å². The van der Waals surface area contributed by atoms with Gasteiger partial charge in [0.2, 0.25) is 5.91 Å². The molecule has 1 amide bonds. The minimum Gasteiger partial charge on any atom is -0.376 e. The van der Waals surface area contributed by atoms with Gasteiger partial charge in [0.15, 0.2) is 0 Å². The predicted molar refractivity (Wildman–Crippen MR) is 84.1 cm³/mol. The van der Waals surface area contributed by atoms with Gasteiger partial charge in [-0.1, -0.05) is 31.2 Å². The quantitative estimate of drug-likeness (QED) is 0.879. The lowest BCUT2D eigenvalue weighted by Gasteiger charge is -2.11. The van der Waals surface area contributed by atoms with E-state index in [-0.39, 0.29) is 18.3 Å². The van der Waals surface area contributed by atoms with Gasteiger partial charge >= 0.3 is 0 Å². The molecule has 0 saturated heterocycles. The Morgan fingerprint density at radius 2 is 1.95 bits per heavy atom. The number of benzene rings is 2. The van der Waals surface area contributed by atoms with Crippen LogP contribution in [0.3, 0.4) is 0 Å². The van der Waals surface area contributed by atoms with Crippen molar-refractivity contribution < 1.29 is 9.18 Å². The molecule has 2 N–H and O–H groups in total. The molecule has 0 bridgehead atoms. The van der Waals surface area contributed by atoms with Gasteiger partial charge in [0, 0.05) is 11.4 Å². The van der Waals surface area contributed by atoms with Crippen molar-refractivity contribution in [3.8, 4) is 0 Å². The normalized spacial score (nSPS) is 10.2. The summed E-state index contributed by atoms with van der Waals surface area (Å²) in [4.78, 5) is 11.9. The summed E-state index contributed by atoms with van der Waals surface area (Å²) < 4.78 is 13.4. The number of carbonyl (C=O) groups is 1. The number of aryl methyl sites for hydroxylation is 2. The van der Waals surface area contributed by atoms with Crippen molar-refractivity contribution in [2.45, 2.75) is 20.3 Å². The molecule has 0 saturated carbocycles. The summed E-state index contributed by atoms with van der Waals surface area (Å²) in [5, 5.41) is 5.78. The van der Waals surface area contributed by atoms with E-state index in [0.717, 1.165) is 17.7 Å². The van der Waals surface area contributed by atoms with E-state index in [0.29, 0.717) is 11.3 Å². The molecule has 21 heavy (non-hydrogen) atoms. The molecule has 0 aliphatic heterocycles. The standard InChI is InChI=1S/C17H19FN2O/c1-3-13-6-4-5-7-16(13)19-11-17(21)20-14-9-8-12(2)15(18)10-14/h4-10,19H,3,11H2,1-2H3,(H,20,21). The number of anilines is 2. The minimum atomic E-state index is -0.322. The Morgan fingerprint density at radius 3 is 2.67 bits per heavy atom. The highest BCUT2D eigenvalue weighted by Crippen LogP contribution is 2.16. The third-order valence-corrected chi connectivity index (χ3v) is 3.29. The Balaban J connectivity index is 1.94. The van der Waals surface area contributed by atoms with Crippen LogP contribution in [0.1, 0.15) is 18.1 Å². The lowest BCUT2D eigenvalue weighted by molar-refractivity contribution is -0.114. The van der Waals surface area contributed by atoms with Gasteiger partial charge in [-0.15, -0.1) is 0 Å². The molecule has 0 unspecified atom stereocenters. The van der Waals surface area contributed by atoms with E-state index in [2.05, 4.69) is 17.6 Å². The largest absolute Gasteiger partial charge is 0.376 e. The van der Waals surface area contributed by atoms with E-state index in [9.17, 15) is 9.18 Å². The number of hydrogen-bond donors (Lipinski definition) is 2. The maximum absolute atomic E-state index is 13.4. The first-order valence-electron chi connectivity index (χ1n) is 6.98. The Morgan fingerprint density at radius 1 is 1.19 bits per heavy atom. The zero-order valence-electron chi connectivity index (χ0n) is 12.2. The zero-order chi connectivity index (χ0) is 15.2. The predicted octanol–water partition coefficient (Wildman–Crippen LogP) is 3.75. The van der Waals surface area contributed by atoms with Crippen molar-refractivity contribution >= 4 is 17.3 Å². The first-order chi connectivity index (χ1) is 10.1. The zero-order valence-corrected chi connectivity index (χ0v) is 12.2. The molecule has 2 rings (SSSR count). The van der Waals surface area contributed by atoms with Gasteiger partial charge in [-0.25, -0.2) is 4.39 Å². The molecule has 3 nitrogen and oxygen atoms in total. The number of para-hydroxylation sites is 1. The number of rotatable bonds is 5. The molecule has 0 radical (unpaired) electrons. The number of halogens is 1. The van der Waals surface area contributed by atoms with Crippen LogP contribution in [-0.4, -0.2) is 12.5 Å². The first-order valence-corrected chi connectivity index (χ1v) is 6.98. The Kier molecular flexibility index (Phi) is 4.93. The monoisotopic (exact) mass is 286 g/mol. The molecular formula is C17H19FN2O. The summed E-state index contributed by atoms with van der Waals surface area (Å²) in [6, 6.07) is 12.5. The Bertz CT molecular complexity index is 640. The van der Waals surface area contributed by atoms with Crippen LogP contribution in [0.5, 0.6) is 0 Å². The van der Waals surface area contributed by atoms with Crippen LogP contribution in [0.15, 0.2) is 42.5 Å². The third kappa shape index (κ3) is 4.05. The van der Waals surface area contributed by atoms with Crippen molar-refractivity contribution in [2.75, 3.05) is 17.2 Å². The summed E-state index contributed by atoms with van der Waals surface area (Å²) in [5.74, 6) is -0.527. The van der Waals surface area contributed by atoms with Gasteiger partial charge in [-0.2, -0.15) is 0 Å². The molecule has 0 atom stereocenters. The van der Waals surface area contributed by atoms with Crippen LogP contribution >= 0.6 is 0 Å². The van der Waals surface area contributed by atoms with Gasteiger partial charge in [0.05, 0.1) is 6.54 Å². The van der Waals surface area contributed by atoms with E-state index >= 15 is 0 Å². The smallest absolute Gasteiger partial charge is 0.243 e. The van der Waals surface area contributed by atoms with Crippen molar-refractivity contribution in [3.63, 3.8) is 0 Å². The van der Waals surface area contributed by atoms with Crippen LogP contribution in [0.2, 0.25) is 0 Å². The van der Waals surface area contributed by atoms with E-state index in [1.165, 1.54) is 6.07 Å². The van der Waals surface area contributed by atoms with Gasteiger partial charge in [-0.05, 0) is 42.7 Å². The topological polar surface area (TPSA) is 41.1 Å². The second-order valence-electron chi connectivity index (χ2n) is 4.88. The fraction of sp³-hybridized carbons (Fsp3) is 0.235. The Hall–Kier alpha value is -2.36. The second kappa shape index (κ2) is 6.88. The first kappa shape index (κ1) is 15.0. The lowest BCUT2D eigenvalue weighted by atomic mass is 10.1. The average Bonchev–Trinajstić information content (AvgIpc) is 2.49. The molecule has 0 aliphatic carbocycles. The number of amides is 1. The molecule has 0 aromatic heterocycles. The fourth-order valence-electron chi connectivity index (χ4n) is 2.05. The molecule has 0 aliphatic rings. The average molecular weight is 286 g/mol. The minimum absolute atomic E-state index is 0.145.